The molecular weight excluding hydrogens is 234 g/mol. The number of carbonyl (C=O) groups excluding carboxylic acids is 1. The molecule has 0 atom stereocenters. The molecule has 6 heteroatoms. The number of piperazine rings is 1. The molecular formula is C9H14ClN3OS. The molecule has 0 spiro atoms. The Morgan fingerprint density at radius 1 is 1.53 bits per heavy atom. The average molecular weight is 248 g/mol. The molecule has 0 radical (unpaired) electrons. The van der Waals surface area contributed by atoms with E-state index in [0.29, 0.717) is 0 Å². The van der Waals surface area contributed by atoms with Crippen LogP contribution in [0.4, 0.5) is 0 Å². The summed E-state index contributed by atoms with van der Waals surface area (Å²) < 4.78 is 0. The van der Waals surface area contributed by atoms with E-state index in [0.717, 1.165) is 36.8 Å². The van der Waals surface area contributed by atoms with Crippen LogP contribution in [0.5, 0.6) is 0 Å². The van der Waals surface area contributed by atoms with Gasteiger partial charge < -0.3 is 10.2 Å². The summed E-state index contributed by atoms with van der Waals surface area (Å²) in [5.41, 5.74) is 2.57. The highest BCUT2D eigenvalue weighted by Crippen LogP contribution is 2.15. The molecule has 0 saturated carbocycles. The third kappa shape index (κ3) is 2.68. The third-order valence-electron chi connectivity index (χ3n) is 2.34. The normalized spacial score (nSPS) is 15.9. The van der Waals surface area contributed by atoms with Crippen molar-refractivity contribution in [3.63, 3.8) is 0 Å². The maximum atomic E-state index is 12.0. The van der Waals surface area contributed by atoms with Crippen molar-refractivity contribution in [1.29, 1.82) is 0 Å². The fourth-order valence-corrected chi connectivity index (χ4v) is 2.29. The lowest BCUT2D eigenvalue weighted by Gasteiger charge is -2.26. The Balaban J connectivity index is 0.00000112. The van der Waals surface area contributed by atoms with Gasteiger partial charge in [-0.15, -0.1) is 23.7 Å². The smallest absolute Gasteiger partial charge is 0.265 e. The van der Waals surface area contributed by atoms with Gasteiger partial charge >= 0.3 is 0 Å². The Morgan fingerprint density at radius 3 is 2.73 bits per heavy atom. The number of aromatic nitrogens is 1. The van der Waals surface area contributed by atoms with E-state index in [1.807, 2.05) is 11.8 Å². The molecule has 0 unspecified atom stereocenters. The van der Waals surface area contributed by atoms with Crippen molar-refractivity contribution < 1.29 is 4.79 Å². The lowest BCUT2D eigenvalue weighted by molar-refractivity contribution is 0.0740. The van der Waals surface area contributed by atoms with Crippen LogP contribution >= 0.6 is 23.7 Å². The molecule has 0 aromatic carbocycles. The van der Waals surface area contributed by atoms with Gasteiger partial charge in [0.25, 0.3) is 5.91 Å². The predicted molar refractivity (Wildman–Crippen MR) is 62.9 cm³/mol. The minimum absolute atomic E-state index is 0. The molecule has 1 N–H and O–H groups in total. The number of amides is 1. The van der Waals surface area contributed by atoms with Gasteiger partial charge in [0.15, 0.2) is 0 Å². The van der Waals surface area contributed by atoms with Crippen LogP contribution in [0, 0.1) is 6.92 Å². The third-order valence-corrected chi connectivity index (χ3v) is 3.26. The number of aryl methyl sites for hydroxylation is 1. The number of rotatable bonds is 1. The second-order valence-corrected chi connectivity index (χ2v) is 4.16. The summed E-state index contributed by atoms with van der Waals surface area (Å²) in [6, 6.07) is 0. The minimum atomic E-state index is 0. The molecule has 1 aliphatic heterocycles. The van der Waals surface area contributed by atoms with Gasteiger partial charge in [-0.2, -0.15) is 0 Å². The fourth-order valence-electron chi connectivity index (χ4n) is 1.52. The maximum Gasteiger partial charge on any atom is 0.265 e. The number of halogens is 1. The van der Waals surface area contributed by atoms with Gasteiger partial charge in [-0.3, -0.25) is 4.79 Å². The van der Waals surface area contributed by atoms with E-state index >= 15 is 0 Å². The molecule has 1 saturated heterocycles. The zero-order valence-corrected chi connectivity index (χ0v) is 10.2. The van der Waals surface area contributed by atoms with Gasteiger partial charge in [0.2, 0.25) is 0 Å². The summed E-state index contributed by atoms with van der Waals surface area (Å²) in [5, 5.41) is 3.22. The summed E-state index contributed by atoms with van der Waals surface area (Å²) in [6.45, 7) is 5.27. The lowest BCUT2D eigenvalue weighted by Crippen LogP contribution is -2.46. The molecule has 84 valence electrons. The van der Waals surface area contributed by atoms with E-state index in [1.54, 1.807) is 5.51 Å². The molecule has 1 aromatic heterocycles. The van der Waals surface area contributed by atoms with E-state index in [4.69, 9.17) is 0 Å². The summed E-state index contributed by atoms with van der Waals surface area (Å²) in [7, 11) is 0. The monoisotopic (exact) mass is 247 g/mol. The Kier molecular flexibility index (Phi) is 4.50. The molecule has 1 aromatic rings. The first kappa shape index (κ1) is 12.4. The average Bonchev–Trinajstić information content (AvgIpc) is 2.65. The maximum absolute atomic E-state index is 12.0. The Bertz CT molecular complexity index is 336. The molecule has 0 aliphatic carbocycles. The molecule has 1 fully saturated rings. The van der Waals surface area contributed by atoms with Gasteiger partial charge in [0.05, 0.1) is 11.2 Å². The van der Waals surface area contributed by atoms with Crippen molar-refractivity contribution in [3.05, 3.63) is 16.1 Å². The van der Waals surface area contributed by atoms with Gasteiger partial charge in [-0.1, -0.05) is 0 Å². The number of nitrogens with zero attached hydrogens (tertiary/aromatic N) is 2. The van der Waals surface area contributed by atoms with E-state index in [2.05, 4.69) is 10.3 Å². The molecule has 4 nitrogen and oxygen atoms in total. The SMILES string of the molecule is Cc1ncsc1C(=O)N1CCNCC1.Cl. The van der Waals surface area contributed by atoms with Crippen molar-refractivity contribution in [3.8, 4) is 0 Å². The molecule has 15 heavy (non-hydrogen) atoms. The van der Waals surface area contributed by atoms with Crippen LogP contribution in [0.15, 0.2) is 5.51 Å². The Morgan fingerprint density at radius 2 is 2.20 bits per heavy atom. The number of thiazole rings is 1. The summed E-state index contributed by atoms with van der Waals surface area (Å²) in [5.74, 6) is 0.131. The number of hydrogen-bond acceptors (Lipinski definition) is 4. The largest absolute Gasteiger partial charge is 0.335 e. The van der Waals surface area contributed by atoms with Crippen LogP contribution in [-0.4, -0.2) is 42.0 Å². The first-order valence-electron chi connectivity index (χ1n) is 4.69. The highest BCUT2D eigenvalue weighted by molar-refractivity contribution is 7.11. The molecule has 2 rings (SSSR count). The number of hydrogen-bond donors (Lipinski definition) is 1. The molecule has 2 heterocycles. The van der Waals surface area contributed by atoms with E-state index < -0.39 is 0 Å². The predicted octanol–water partition coefficient (Wildman–Crippen LogP) is 0.919. The minimum Gasteiger partial charge on any atom is -0.335 e. The topological polar surface area (TPSA) is 45.2 Å². The highest BCUT2D eigenvalue weighted by Gasteiger charge is 2.20. The van der Waals surface area contributed by atoms with Crippen LogP contribution < -0.4 is 5.32 Å². The van der Waals surface area contributed by atoms with E-state index in [1.165, 1.54) is 11.3 Å². The van der Waals surface area contributed by atoms with Gasteiger partial charge in [-0.25, -0.2) is 4.98 Å². The standard InChI is InChI=1S/C9H13N3OS.ClH/c1-7-8(14-6-11-7)9(13)12-4-2-10-3-5-12;/h6,10H,2-5H2,1H3;1H. The van der Waals surface area contributed by atoms with Gasteiger partial charge in [-0.05, 0) is 6.92 Å². The van der Waals surface area contributed by atoms with Gasteiger partial charge in [0, 0.05) is 26.2 Å². The van der Waals surface area contributed by atoms with Crippen molar-refractivity contribution >= 4 is 29.7 Å². The van der Waals surface area contributed by atoms with Crippen molar-refractivity contribution in [2.24, 2.45) is 0 Å². The first-order valence-corrected chi connectivity index (χ1v) is 5.57. The number of carbonyl (C=O) groups is 1. The lowest BCUT2D eigenvalue weighted by atomic mass is 10.3. The van der Waals surface area contributed by atoms with Crippen molar-refractivity contribution in [2.45, 2.75) is 6.92 Å². The second kappa shape index (κ2) is 5.44. The van der Waals surface area contributed by atoms with Crippen LogP contribution in [0.1, 0.15) is 15.4 Å². The van der Waals surface area contributed by atoms with E-state index in [-0.39, 0.29) is 18.3 Å². The van der Waals surface area contributed by atoms with E-state index in [9.17, 15) is 4.79 Å². The highest BCUT2D eigenvalue weighted by atomic mass is 35.5. The Hall–Kier alpha value is -0.650. The molecule has 0 bridgehead atoms. The zero-order chi connectivity index (χ0) is 9.97. The van der Waals surface area contributed by atoms with Crippen LogP contribution in [-0.2, 0) is 0 Å². The second-order valence-electron chi connectivity index (χ2n) is 3.31. The quantitative estimate of drug-likeness (QED) is 0.803. The number of nitrogens with one attached hydrogen (secondary N) is 1. The molecule has 1 aliphatic rings. The molecule has 1 amide bonds. The van der Waals surface area contributed by atoms with Crippen molar-refractivity contribution in [1.82, 2.24) is 15.2 Å². The summed E-state index contributed by atoms with van der Waals surface area (Å²) in [4.78, 5) is 18.7. The van der Waals surface area contributed by atoms with Gasteiger partial charge in [0.1, 0.15) is 4.88 Å². The zero-order valence-electron chi connectivity index (χ0n) is 8.52. The van der Waals surface area contributed by atoms with Crippen molar-refractivity contribution in [2.75, 3.05) is 26.2 Å². The summed E-state index contributed by atoms with van der Waals surface area (Å²) in [6.07, 6.45) is 0. The van der Waals surface area contributed by atoms with Crippen LogP contribution in [0.3, 0.4) is 0 Å². The first-order chi connectivity index (χ1) is 6.79. The fraction of sp³-hybridized carbons (Fsp3) is 0.556. The van der Waals surface area contributed by atoms with Crippen LogP contribution in [0.2, 0.25) is 0 Å². The summed E-state index contributed by atoms with van der Waals surface area (Å²) >= 11 is 1.43. The Labute approximate surface area is 99.1 Å². The van der Waals surface area contributed by atoms with Crippen LogP contribution in [0.25, 0.3) is 0 Å².